The van der Waals surface area contributed by atoms with Crippen molar-refractivity contribution in [2.24, 2.45) is 5.73 Å². The Bertz CT molecular complexity index is 62.4. The number of nitriles is 1. The van der Waals surface area contributed by atoms with Gasteiger partial charge in [-0.3, -0.25) is 0 Å². The Kier molecular flexibility index (Phi) is 2.43. The lowest BCUT2D eigenvalue weighted by atomic mass is 10.3. The molecule has 2 N–H and O–H groups in total. The molecule has 0 saturated heterocycles. The summed E-state index contributed by atoms with van der Waals surface area (Å²) in [5.74, 6) is 0. The second kappa shape index (κ2) is 2.67. The highest BCUT2D eigenvalue weighted by Crippen LogP contribution is 1.77. The van der Waals surface area contributed by atoms with Gasteiger partial charge in [-0.25, -0.2) is 0 Å². The van der Waals surface area contributed by atoms with E-state index in [2.05, 4.69) is 0 Å². The first-order valence-electron chi connectivity index (χ1n) is 1.96. The van der Waals surface area contributed by atoms with E-state index in [1.54, 1.807) is 0 Å². The lowest BCUT2D eigenvalue weighted by Crippen LogP contribution is -2.14. The van der Waals surface area contributed by atoms with Crippen LogP contribution in [0, 0.1) is 11.3 Å². The predicted octanol–water partition coefficient (Wildman–Crippen LogP) is 0.247. The van der Waals surface area contributed by atoms with Crippen LogP contribution in [0.3, 0.4) is 0 Å². The molecule has 1 unspecified atom stereocenters. The monoisotopic (exact) mass is 85.1 g/mol. The van der Waals surface area contributed by atoms with Gasteiger partial charge in [0.1, 0.15) is 0 Å². The van der Waals surface area contributed by atoms with Crippen LogP contribution in [-0.4, -0.2) is 6.04 Å². The van der Waals surface area contributed by atoms with E-state index in [1.165, 1.54) is 0 Å². The number of nitrogens with zero attached hydrogens (tertiary/aromatic N) is 1. The zero-order valence-electron chi connectivity index (χ0n) is 3.81. The molecule has 2 heteroatoms. The van der Waals surface area contributed by atoms with Crippen molar-refractivity contribution in [2.75, 3.05) is 0 Å². The predicted molar refractivity (Wildman–Crippen MR) is 23.9 cm³/mol. The molecule has 0 saturated carbocycles. The Morgan fingerprint density at radius 3 is 2.50 bits per heavy atom. The SMILES string of the molecule is CCC([15NH2])C#N. The normalized spacial score (nSPS) is 12.8. The van der Waals surface area contributed by atoms with Crippen LogP contribution in [0.2, 0.25) is 0 Å². The van der Waals surface area contributed by atoms with E-state index in [0.29, 0.717) is 0 Å². The van der Waals surface area contributed by atoms with E-state index in [-0.39, 0.29) is 6.04 Å². The molecule has 0 fully saturated rings. The first kappa shape index (κ1) is 5.45. The number of nitrogens with two attached hydrogens (primary N) is 1. The van der Waals surface area contributed by atoms with E-state index in [4.69, 9.17) is 11.0 Å². The summed E-state index contributed by atoms with van der Waals surface area (Å²) in [5, 5.41) is 7.96. The van der Waals surface area contributed by atoms with Crippen molar-refractivity contribution < 1.29 is 0 Å². The highest BCUT2D eigenvalue weighted by Gasteiger charge is 1.88. The molecule has 1 atom stereocenters. The Morgan fingerprint density at radius 2 is 2.50 bits per heavy atom. The average molecular weight is 85.1 g/mol. The zero-order valence-corrected chi connectivity index (χ0v) is 3.81. The third-order valence-corrected chi connectivity index (χ3v) is 0.606. The molecule has 0 spiro atoms. The molecule has 0 aromatic heterocycles. The van der Waals surface area contributed by atoms with E-state index in [1.807, 2.05) is 13.0 Å². The van der Waals surface area contributed by atoms with Crippen LogP contribution in [0.5, 0.6) is 0 Å². The fourth-order valence-electron chi connectivity index (χ4n) is 0.0913. The molecule has 0 bridgehead atoms. The molecule has 2 nitrogen and oxygen atoms in total. The van der Waals surface area contributed by atoms with Crippen molar-refractivity contribution in [3.05, 3.63) is 0 Å². The molecule has 0 aromatic carbocycles. The summed E-state index contributed by atoms with van der Waals surface area (Å²) in [6.07, 6.45) is 0.747. The average Bonchev–Trinajstić information content (AvgIpc) is 1.65. The van der Waals surface area contributed by atoms with E-state index in [9.17, 15) is 0 Å². The second-order valence-electron chi connectivity index (χ2n) is 1.14. The van der Waals surface area contributed by atoms with Crippen molar-refractivity contribution >= 4 is 0 Å². The third-order valence-electron chi connectivity index (χ3n) is 0.606. The molecule has 6 heavy (non-hydrogen) atoms. The van der Waals surface area contributed by atoms with Gasteiger partial charge in [0, 0.05) is 0 Å². The van der Waals surface area contributed by atoms with Gasteiger partial charge in [0.25, 0.3) is 0 Å². The molecule has 0 radical (unpaired) electrons. The van der Waals surface area contributed by atoms with Gasteiger partial charge < -0.3 is 5.73 Å². The molecule has 0 rings (SSSR count). The van der Waals surface area contributed by atoms with Crippen LogP contribution < -0.4 is 5.73 Å². The molecule has 0 aliphatic heterocycles. The van der Waals surface area contributed by atoms with Crippen LogP contribution in [0.25, 0.3) is 0 Å². The van der Waals surface area contributed by atoms with Gasteiger partial charge in [0.15, 0.2) is 0 Å². The minimum Gasteiger partial charge on any atom is -0.316 e. The van der Waals surface area contributed by atoms with Crippen LogP contribution in [-0.2, 0) is 0 Å². The Labute approximate surface area is 37.6 Å². The van der Waals surface area contributed by atoms with Gasteiger partial charge in [0.2, 0.25) is 0 Å². The fourth-order valence-corrected chi connectivity index (χ4v) is 0.0913. The van der Waals surface area contributed by atoms with Crippen molar-refractivity contribution in [3.63, 3.8) is 0 Å². The van der Waals surface area contributed by atoms with Gasteiger partial charge in [-0.1, -0.05) is 6.92 Å². The number of hydrogen-bond acceptors (Lipinski definition) is 2. The first-order valence-corrected chi connectivity index (χ1v) is 1.96. The Balaban J connectivity index is 3.04. The Morgan fingerprint density at radius 1 is 2.00 bits per heavy atom. The van der Waals surface area contributed by atoms with Crippen molar-refractivity contribution in [3.8, 4) is 6.07 Å². The summed E-state index contributed by atoms with van der Waals surface area (Å²) in [4.78, 5) is 0. The highest BCUT2D eigenvalue weighted by atomic mass is 15.4. The molecule has 34 valence electrons. The van der Waals surface area contributed by atoms with Gasteiger partial charge in [-0.2, -0.15) is 5.26 Å². The van der Waals surface area contributed by atoms with Crippen LogP contribution >= 0.6 is 0 Å². The lowest BCUT2D eigenvalue weighted by Gasteiger charge is -1.88. The summed E-state index contributed by atoms with van der Waals surface area (Å²) in [7, 11) is 0. The second-order valence-corrected chi connectivity index (χ2v) is 1.14. The molecule has 0 aromatic rings. The van der Waals surface area contributed by atoms with Gasteiger partial charge >= 0.3 is 0 Å². The van der Waals surface area contributed by atoms with E-state index < -0.39 is 0 Å². The van der Waals surface area contributed by atoms with E-state index >= 15 is 0 Å². The molecular weight excluding hydrogens is 77.1 g/mol. The maximum atomic E-state index is 7.96. The number of rotatable bonds is 1. The minimum absolute atomic E-state index is 0.259. The maximum Gasteiger partial charge on any atom is 0.0925 e. The largest absolute Gasteiger partial charge is 0.316 e. The maximum absolute atomic E-state index is 7.96. The van der Waals surface area contributed by atoms with Gasteiger partial charge in [-0.15, -0.1) is 0 Å². The van der Waals surface area contributed by atoms with Crippen LogP contribution in [0.1, 0.15) is 13.3 Å². The van der Waals surface area contributed by atoms with Crippen LogP contribution in [0.15, 0.2) is 0 Å². The molecular formula is C4H8N2. The Hall–Kier alpha value is -0.550. The summed E-state index contributed by atoms with van der Waals surface area (Å²) < 4.78 is 0. The summed E-state index contributed by atoms with van der Waals surface area (Å²) in [5.41, 5.74) is 5.11. The third kappa shape index (κ3) is 1.74. The topological polar surface area (TPSA) is 49.8 Å². The zero-order chi connectivity index (χ0) is 4.99. The minimum atomic E-state index is -0.259. The van der Waals surface area contributed by atoms with Crippen molar-refractivity contribution in [1.29, 1.82) is 5.26 Å². The summed E-state index contributed by atoms with van der Waals surface area (Å²) in [6, 6.07) is 1.63. The first-order chi connectivity index (χ1) is 2.81. The molecule has 0 amide bonds. The fraction of sp³-hybridized carbons (Fsp3) is 0.750. The molecule has 0 aliphatic carbocycles. The van der Waals surface area contributed by atoms with E-state index in [0.717, 1.165) is 6.42 Å². The summed E-state index contributed by atoms with van der Waals surface area (Å²) in [6.45, 7) is 1.88. The van der Waals surface area contributed by atoms with Gasteiger partial charge in [-0.05, 0) is 6.42 Å². The standard InChI is InChI=1S/C4H8N2/c1-2-4(6)3-5/h4H,2,6H2,1H3/i6+1. The van der Waals surface area contributed by atoms with Crippen LogP contribution in [0.4, 0.5) is 0 Å². The summed E-state index contributed by atoms with van der Waals surface area (Å²) >= 11 is 0. The smallest absolute Gasteiger partial charge is 0.0925 e. The number of hydrogen-bond donors (Lipinski definition) is 1. The highest BCUT2D eigenvalue weighted by molar-refractivity contribution is 4.84. The lowest BCUT2D eigenvalue weighted by molar-refractivity contribution is 0.795. The molecule has 0 heterocycles. The van der Waals surface area contributed by atoms with Gasteiger partial charge in [0.05, 0.1) is 12.1 Å². The molecule has 0 aliphatic rings. The quantitative estimate of drug-likeness (QED) is 0.464. The van der Waals surface area contributed by atoms with Crippen molar-refractivity contribution in [1.82, 2.24) is 0 Å². The van der Waals surface area contributed by atoms with Crippen molar-refractivity contribution in [2.45, 2.75) is 19.4 Å².